The number of rotatable bonds is 2. The minimum absolute atomic E-state index is 0.147. The third kappa shape index (κ3) is 4.29. The molecule has 0 heterocycles. The Kier molecular flexibility index (Phi) is 5.92. The van der Waals surface area contributed by atoms with Crippen molar-refractivity contribution in [1.29, 1.82) is 0 Å². The van der Waals surface area contributed by atoms with Gasteiger partial charge in [-0.3, -0.25) is 0 Å². The Morgan fingerprint density at radius 2 is 1.16 bits per heavy atom. The van der Waals surface area contributed by atoms with Gasteiger partial charge in [0, 0.05) is 16.5 Å². The maximum absolute atomic E-state index is 9.68. The van der Waals surface area contributed by atoms with E-state index in [0.29, 0.717) is 27.6 Å². The predicted octanol–water partition coefficient (Wildman–Crippen LogP) is 3.33. The van der Waals surface area contributed by atoms with Gasteiger partial charge in [-0.15, -0.1) is 0 Å². The Hall–Kier alpha value is -1.46. The fourth-order valence-electron chi connectivity index (χ4n) is 1.60. The molecule has 5 N–H and O–H groups in total. The van der Waals surface area contributed by atoms with Gasteiger partial charge in [0.1, 0.15) is 11.5 Å². The number of phenolic OH excluding ortho intramolecular Hbond substituents is 2. The molecule has 0 aliphatic rings. The van der Waals surface area contributed by atoms with Gasteiger partial charge in [-0.2, -0.15) is 0 Å². The molecule has 0 bridgehead atoms. The average molecular weight is 302 g/mol. The third-order valence-electron chi connectivity index (χ3n) is 2.46. The Morgan fingerprint density at radius 3 is 1.53 bits per heavy atom. The average Bonchev–Trinajstić information content (AvgIpc) is 2.40. The van der Waals surface area contributed by atoms with Crippen LogP contribution in [0, 0.1) is 0 Å². The first-order valence-corrected chi connectivity index (χ1v) is 6.02. The highest BCUT2D eigenvalue weighted by molar-refractivity contribution is 6.31. The highest BCUT2D eigenvalue weighted by Crippen LogP contribution is 2.29. The minimum Gasteiger partial charge on any atom is -0.508 e. The molecule has 0 saturated carbocycles. The molecule has 0 unspecified atom stereocenters. The van der Waals surface area contributed by atoms with E-state index in [1.807, 2.05) is 0 Å². The van der Waals surface area contributed by atoms with Crippen molar-refractivity contribution in [1.82, 2.24) is 0 Å². The number of benzene rings is 2. The van der Waals surface area contributed by atoms with Gasteiger partial charge in [0.25, 0.3) is 0 Å². The van der Waals surface area contributed by atoms with Crippen LogP contribution in [-0.4, -0.2) is 15.4 Å². The van der Waals surface area contributed by atoms with Crippen molar-refractivity contribution in [2.75, 3.05) is 0 Å². The maximum atomic E-state index is 9.68. The number of hydrogen-bond donors (Lipinski definition) is 4. The molecule has 6 heteroatoms. The van der Waals surface area contributed by atoms with E-state index in [0.717, 1.165) is 0 Å². The summed E-state index contributed by atoms with van der Waals surface area (Å²) in [6.07, 6.45) is 0.374. The van der Waals surface area contributed by atoms with E-state index in [9.17, 15) is 10.2 Å². The van der Waals surface area contributed by atoms with Crippen LogP contribution in [0.25, 0.3) is 0 Å². The highest BCUT2D eigenvalue weighted by Gasteiger charge is 2.07. The van der Waals surface area contributed by atoms with Crippen LogP contribution in [0.3, 0.4) is 0 Å². The molecule has 0 aromatic heterocycles. The summed E-state index contributed by atoms with van der Waals surface area (Å²) in [6, 6.07) is 9.60. The van der Waals surface area contributed by atoms with Crippen LogP contribution in [0.2, 0.25) is 10.0 Å². The lowest BCUT2D eigenvalue weighted by Crippen LogP contribution is -1.90. The lowest BCUT2D eigenvalue weighted by Gasteiger charge is -2.07. The molecule has 0 amide bonds. The van der Waals surface area contributed by atoms with Crippen molar-refractivity contribution in [3.63, 3.8) is 0 Å². The van der Waals surface area contributed by atoms with Crippen LogP contribution in [-0.2, 0) is 6.42 Å². The summed E-state index contributed by atoms with van der Waals surface area (Å²) in [6.45, 7) is 0. The van der Waals surface area contributed by atoms with E-state index >= 15 is 0 Å². The van der Waals surface area contributed by atoms with E-state index in [4.69, 9.17) is 28.4 Å². The Morgan fingerprint density at radius 1 is 0.789 bits per heavy atom. The molecule has 0 aliphatic heterocycles. The second-order valence-corrected chi connectivity index (χ2v) is 4.60. The van der Waals surface area contributed by atoms with Crippen molar-refractivity contribution in [3.8, 4) is 11.5 Å². The first kappa shape index (κ1) is 15.6. The van der Waals surface area contributed by atoms with Crippen molar-refractivity contribution >= 4 is 23.2 Å². The van der Waals surface area contributed by atoms with Gasteiger partial charge in [0.2, 0.25) is 0 Å². The largest absolute Gasteiger partial charge is 0.508 e. The fraction of sp³-hybridized carbons (Fsp3) is 0.0769. The molecule has 19 heavy (non-hydrogen) atoms. The second kappa shape index (κ2) is 7.21. The smallest absolute Gasteiger partial charge is 0.119 e. The van der Waals surface area contributed by atoms with E-state index in [2.05, 4.69) is 5.90 Å². The summed E-state index contributed by atoms with van der Waals surface area (Å²) >= 11 is 11.7. The van der Waals surface area contributed by atoms with Gasteiger partial charge in [-0.05, 0) is 47.5 Å². The highest BCUT2D eigenvalue weighted by atomic mass is 35.5. The van der Waals surface area contributed by atoms with Crippen molar-refractivity contribution < 1.29 is 15.4 Å². The zero-order valence-electron chi connectivity index (χ0n) is 9.85. The number of hydrogen-bond acceptors (Lipinski definition) is 4. The summed E-state index contributed by atoms with van der Waals surface area (Å²) in [5, 5.41) is 26.9. The molecule has 0 fully saturated rings. The molecular formula is C13H13Cl2NO3. The SMILES string of the molecule is NO.Oc1ccc(Cl)cc1Cc1cc(Cl)ccc1O. The number of halogens is 2. The summed E-state index contributed by atoms with van der Waals surface area (Å²) in [5.41, 5.74) is 1.30. The topological polar surface area (TPSA) is 86.7 Å². The normalized spacial score (nSPS) is 9.68. The quantitative estimate of drug-likeness (QED) is 0.641. The fourth-order valence-corrected chi connectivity index (χ4v) is 1.99. The molecule has 2 aromatic rings. The first-order chi connectivity index (χ1) is 9.06. The maximum Gasteiger partial charge on any atom is 0.119 e. The molecule has 2 rings (SSSR count). The van der Waals surface area contributed by atoms with Crippen molar-refractivity contribution in [2.24, 2.45) is 5.90 Å². The Balaban J connectivity index is 0.000000861. The lowest BCUT2D eigenvalue weighted by atomic mass is 10.0. The summed E-state index contributed by atoms with van der Waals surface area (Å²) in [7, 11) is 0. The predicted molar refractivity (Wildman–Crippen MR) is 75.0 cm³/mol. The molecule has 0 aliphatic carbocycles. The van der Waals surface area contributed by atoms with E-state index in [1.54, 1.807) is 24.3 Å². The molecule has 0 atom stereocenters. The molecule has 102 valence electrons. The monoisotopic (exact) mass is 301 g/mol. The third-order valence-corrected chi connectivity index (χ3v) is 2.93. The number of aromatic hydroxyl groups is 2. The lowest BCUT2D eigenvalue weighted by molar-refractivity contribution is 0.311. The second-order valence-electron chi connectivity index (χ2n) is 3.72. The van der Waals surface area contributed by atoms with Crippen LogP contribution >= 0.6 is 23.2 Å². The van der Waals surface area contributed by atoms with Crippen LogP contribution < -0.4 is 5.90 Å². The Labute approximate surface area is 120 Å². The van der Waals surface area contributed by atoms with Crippen molar-refractivity contribution in [2.45, 2.75) is 6.42 Å². The molecule has 0 saturated heterocycles. The van der Waals surface area contributed by atoms with Crippen molar-refractivity contribution in [3.05, 3.63) is 57.6 Å². The molecular weight excluding hydrogens is 289 g/mol. The summed E-state index contributed by atoms with van der Waals surface area (Å²) < 4.78 is 0. The standard InChI is InChI=1S/C13H10Cl2O2.H3NO/c14-10-1-3-12(16)8(6-10)5-9-7-11(15)2-4-13(9)17;1-2/h1-4,6-7,16-17H,5H2;2H,1H2. The zero-order valence-corrected chi connectivity index (χ0v) is 11.4. The number of nitrogens with two attached hydrogens (primary N) is 1. The van der Waals surface area contributed by atoms with Gasteiger partial charge in [0.15, 0.2) is 0 Å². The molecule has 0 radical (unpaired) electrons. The zero-order chi connectivity index (χ0) is 14.4. The van der Waals surface area contributed by atoms with Gasteiger partial charge in [-0.1, -0.05) is 23.2 Å². The van der Waals surface area contributed by atoms with Crippen LogP contribution in [0.5, 0.6) is 11.5 Å². The molecule has 4 nitrogen and oxygen atoms in total. The summed E-state index contributed by atoms with van der Waals surface area (Å²) in [5.74, 6) is 3.79. The van der Waals surface area contributed by atoms with E-state index < -0.39 is 0 Å². The summed E-state index contributed by atoms with van der Waals surface area (Å²) in [4.78, 5) is 0. The first-order valence-electron chi connectivity index (χ1n) is 5.27. The van der Waals surface area contributed by atoms with Gasteiger partial charge in [-0.25, -0.2) is 5.90 Å². The Bertz CT molecular complexity index is 512. The van der Waals surface area contributed by atoms with E-state index in [-0.39, 0.29) is 11.5 Å². The molecule has 2 aromatic carbocycles. The van der Waals surface area contributed by atoms with Crippen LogP contribution in [0.4, 0.5) is 0 Å². The van der Waals surface area contributed by atoms with Gasteiger partial charge < -0.3 is 15.4 Å². The van der Waals surface area contributed by atoms with Crippen LogP contribution in [0.1, 0.15) is 11.1 Å². The van der Waals surface area contributed by atoms with Gasteiger partial charge >= 0.3 is 0 Å². The van der Waals surface area contributed by atoms with E-state index in [1.165, 1.54) is 12.1 Å². The minimum atomic E-state index is 0.147. The number of phenols is 2. The molecule has 0 spiro atoms. The van der Waals surface area contributed by atoms with Crippen LogP contribution in [0.15, 0.2) is 36.4 Å². The van der Waals surface area contributed by atoms with Gasteiger partial charge in [0.05, 0.1) is 0 Å².